The zero-order valence-electron chi connectivity index (χ0n) is 16.4. The smallest absolute Gasteiger partial charge is 0.257 e. The number of carbonyl (C=O) groups is 2. The Morgan fingerprint density at radius 2 is 1.79 bits per heavy atom. The molecule has 0 bridgehead atoms. The highest BCUT2D eigenvalue weighted by molar-refractivity contribution is 5.95. The number of likely N-dealkylation sites (tertiary alicyclic amines) is 1. The largest absolute Gasteiger partial charge is 0.353 e. The van der Waals surface area contributed by atoms with E-state index in [1.807, 2.05) is 44.2 Å². The third-order valence-electron chi connectivity index (χ3n) is 5.50. The molecular weight excluding hydrogens is 355 g/mol. The van der Waals surface area contributed by atoms with Crippen molar-refractivity contribution in [3.63, 3.8) is 0 Å². The highest BCUT2D eigenvalue weighted by Gasteiger charge is 2.36. The Morgan fingerprint density at radius 1 is 1.11 bits per heavy atom. The van der Waals surface area contributed by atoms with Gasteiger partial charge in [0.25, 0.3) is 5.91 Å². The minimum absolute atomic E-state index is 0.0350. The van der Waals surface area contributed by atoms with Crippen LogP contribution in [0.2, 0.25) is 0 Å². The number of halogens is 1. The molecule has 3 rings (SSSR count). The van der Waals surface area contributed by atoms with Gasteiger partial charge in [-0.15, -0.1) is 0 Å². The van der Waals surface area contributed by atoms with Crippen molar-refractivity contribution >= 4 is 11.8 Å². The summed E-state index contributed by atoms with van der Waals surface area (Å²) in [6, 6.07) is 15.7. The van der Waals surface area contributed by atoms with Crippen LogP contribution in [0.15, 0.2) is 54.6 Å². The summed E-state index contributed by atoms with van der Waals surface area (Å²) in [4.78, 5) is 27.5. The number of hydrogen-bond acceptors (Lipinski definition) is 2. The number of carbonyl (C=O) groups excluding carboxylic acids is 2. The van der Waals surface area contributed by atoms with E-state index in [2.05, 4.69) is 5.32 Å². The fourth-order valence-electron chi connectivity index (χ4n) is 3.68. The van der Waals surface area contributed by atoms with Crippen molar-refractivity contribution in [1.82, 2.24) is 10.2 Å². The topological polar surface area (TPSA) is 49.4 Å². The highest BCUT2D eigenvalue weighted by Crippen LogP contribution is 2.35. The number of rotatable bonds is 5. The van der Waals surface area contributed by atoms with E-state index in [4.69, 9.17) is 0 Å². The van der Waals surface area contributed by atoms with E-state index in [9.17, 15) is 14.0 Å². The number of piperidine rings is 1. The monoisotopic (exact) mass is 382 g/mol. The number of benzene rings is 2. The van der Waals surface area contributed by atoms with Gasteiger partial charge in [-0.05, 0) is 43.9 Å². The van der Waals surface area contributed by atoms with Gasteiger partial charge in [-0.25, -0.2) is 4.39 Å². The fourth-order valence-corrected chi connectivity index (χ4v) is 3.68. The van der Waals surface area contributed by atoms with Crippen LogP contribution in [0.1, 0.15) is 55.1 Å². The third-order valence-corrected chi connectivity index (χ3v) is 5.50. The zero-order chi connectivity index (χ0) is 20.1. The van der Waals surface area contributed by atoms with E-state index in [0.29, 0.717) is 12.8 Å². The van der Waals surface area contributed by atoms with Crippen LogP contribution in [0.4, 0.5) is 4.39 Å². The predicted octanol–water partition coefficient (Wildman–Crippen LogP) is 4.33. The average molecular weight is 382 g/mol. The van der Waals surface area contributed by atoms with Gasteiger partial charge >= 0.3 is 0 Å². The molecule has 1 aliphatic rings. The lowest BCUT2D eigenvalue weighted by molar-refractivity contribution is -0.127. The molecule has 28 heavy (non-hydrogen) atoms. The van der Waals surface area contributed by atoms with Gasteiger partial charge in [-0.3, -0.25) is 9.59 Å². The van der Waals surface area contributed by atoms with Gasteiger partial charge in [0, 0.05) is 12.6 Å². The van der Waals surface area contributed by atoms with Crippen molar-refractivity contribution < 1.29 is 14.0 Å². The van der Waals surface area contributed by atoms with Gasteiger partial charge in [0.05, 0.1) is 17.5 Å². The molecule has 3 unspecified atom stereocenters. The maximum absolute atomic E-state index is 14.3. The van der Waals surface area contributed by atoms with Crippen LogP contribution >= 0.6 is 0 Å². The molecule has 2 aromatic rings. The summed E-state index contributed by atoms with van der Waals surface area (Å²) < 4.78 is 14.3. The quantitative estimate of drug-likeness (QED) is 0.837. The summed E-state index contributed by atoms with van der Waals surface area (Å²) in [5.41, 5.74) is 1.05. The molecule has 0 spiro atoms. The first-order valence-corrected chi connectivity index (χ1v) is 9.92. The second-order valence-electron chi connectivity index (χ2n) is 7.46. The molecule has 1 N–H and O–H groups in total. The van der Waals surface area contributed by atoms with Crippen LogP contribution in [0.5, 0.6) is 0 Å². The summed E-state index contributed by atoms with van der Waals surface area (Å²) in [7, 11) is 0. The lowest BCUT2D eigenvalue weighted by atomic mass is 9.87. The minimum Gasteiger partial charge on any atom is -0.353 e. The predicted molar refractivity (Wildman–Crippen MR) is 107 cm³/mol. The maximum atomic E-state index is 14.3. The van der Waals surface area contributed by atoms with Crippen molar-refractivity contribution in [2.75, 3.05) is 6.54 Å². The van der Waals surface area contributed by atoms with Crippen LogP contribution in [0.25, 0.3) is 0 Å². The Hall–Kier alpha value is -2.69. The van der Waals surface area contributed by atoms with Crippen LogP contribution in [-0.4, -0.2) is 29.3 Å². The van der Waals surface area contributed by atoms with Crippen LogP contribution in [-0.2, 0) is 4.79 Å². The molecule has 0 radical (unpaired) electrons. The summed E-state index contributed by atoms with van der Waals surface area (Å²) in [6.07, 6.45) is 2.22. The molecule has 3 atom stereocenters. The molecule has 1 aliphatic heterocycles. The van der Waals surface area contributed by atoms with E-state index < -0.39 is 5.82 Å². The van der Waals surface area contributed by atoms with Gasteiger partial charge in [0.2, 0.25) is 5.91 Å². The Bertz CT molecular complexity index is 824. The van der Waals surface area contributed by atoms with Crippen molar-refractivity contribution in [2.24, 2.45) is 5.92 Å². The van der Waals surface area contributed by atoms with Gasteiger partial charge in [0.15, 0.2) is 0 Å². The van der Waals surface area contributed by atoms with E-state index in [1.165, 1.54) is 12.1 Å². The van der Waals surface area contributed by atoms with Gasteiger partial charge < -0.3 is 10.2 Å². The Morgan fingerprint density at radius 3 is 2.46 bits per heavy atom. The van der Waals surface area contributed by atoms with E-state index >= 15 is 0 Å². The van der Waals surface area contributed by atoms with Gasteiger partial charge in [-0.1, -0.05) is 49.4 Å². The molecule has 1 fully saturated rings. The molecule has 0 saturated carbocycles. The fraction of sp³-hybridized carbons (Fsp3) is 0.391. The van der Waals surface area contributed by atoms with Crippen molar-refractivity contribution in [2.45, 2.75) is 45.2 Å². The molecule has 2 aromatic carbocycles. The number of nitrogens with zero attached hydrogens (tertiary/aromatic N) is 1. The number of nitrogens with one attached hydrogen (secondary N) is 1. The Balaban J connectivity index is 1.88. The van der Waals surface area contributed by atoms with Crippen LogP contribution in [0.3, 0.4) is 0 Å². The highest BCUT2D eigenvalue weighted by atomic mass is 19.1. The van der Waals surface area contributed by atoms with E-state index in [-0.39, 0.29) is 41.9 Å². The molecule has 2 amide bonds. The lowest BCUT2D eigenvalue weighted by Gasteiger charge is -2.40. The Labute approximate surface area is 165 Å². The molecule has 1 saturated heterocycles. The first-order valence-electron chi connectivity index (χ1n) is 9.92. The minimum atomic E-state index is -0.537. The van der Waals surface area contributed by atoms with Gasteiger partial charge in [0.1, 0.15) is 5.82 Å². The van der Waals surface area contributed by atoms with Crippen molar-refractivity contribution in [3.05, 3.63) is 71.5 Å². The van der Waals surface area contributed by atoms with Crippen molar-refractivity contribution in [3.8, 4) is 0 Å². The molecule has 0 aliphatic carbocycles. The maximum Gasteiger partial charge on any atom is 0.257 e. The number of hydrogen-bond donors (Lipinski definition) is 1. The summed E-state index contributed by atoms with van der Waals surface area (Å²) in [6.45, 7) is 4.27. The molecule has 0 aromatic heterocycles. The second-order valence-corrected chi connectivity index (χ2v) is 7.46. The number of amides is 2. The summed E-state index contributed by atoms with van der Waals surface area (Å²) in [5.74, 6) is -1.23. The normalized spacial score (nSPS) is 20.5. The molecule has 148 valence electrons. The lowest BCUT2D eigenvalue weighted by Crippen LogP contribution is -2.48. The molecular formula is C23H27FN2O2. The summed E-state index contributed by atoms with van der Waals surface area (Å²) in [5, 5.41) is 3.01. The standard InChI is InChI=1S/C23H27FN2O2/c1-3-16(2)25-22(27)18-13-14-21(17-9-5-4-6-10-17)26(15-18)23(28)19-11-7-8-12-20(19)24/h4-12,16,18,21H,3,13-15H2,1-2H3,(H,25,27). The van der Waals surface area contributed by atoms with Crippen molar-refractivity contribution in [1.29, 1.82) is 0 Å². The van der Waals surface area contributed by atoms with Gasteiger partial charge in [-0.2, -0.15) is 0 Å². The van der Waals surface area contributed by atoms with E-state index in [0.717, 1.165) is 12.0 Å². The zero-order valence-corrected chi connectivity index (χ0v) is 16.4. The average Bonchev–Trinajstić information content (AvgIpc) is 2.73. The van der Waals surface area contributed by atoms with Crippen LogP contribution < -0.4 is 5.32 Å². The van der Waals surface area contributed by atoms with E-state index in [1.54, 1.807) is 17.0 Å². The van der Waals surface area contributed by atoms with Crippen LogP contribution in [0, 0.1) is 11.7 Å². The first kappa shape index (κ1) is 20.1. The second kappa shape index (κ2) is 9.00. The summed E-state index contributed by atoms with van der Waals surface area (Å²) >= 11 is 0. The Kier molecular flexibility index (Phi) is 6.45. The molecule has 1 heterocycles. The molecule has 4 nitrogen and oxygen atoms in total. The third kappa shape index (κ3) is 4.41. The molecule has 5 heteroatoms. The SMILES string of the molecule is CCC(C)NC(=O)C1CCC(c2ccccc2)N(C(=O)c2ccccc2F)C1. The first-order chi connectivity index (χ1) is 13.5.